The van der Waals surface area contributed by atoms with Crippen molar-refractivity contribution in [3.63, 3.8) is 0 Å². The van der Waals surface area contributed by atoms with Gasteiger partial charge < -0.3 is 16.0 Å². The summed E-state index contributed by atoms with van der Waals surface area (Å²) in [7, 11) is 0. The molecule has 1 atom stereocenters. The summed E-state index contributed by atoms with van der Waals surface area (Å²) in [6.45, 7) is 3.16. The van der Waals surface area contributed by atoms with Crippen LogP contribution in [-0.2, 0) is 4.79 Å². The van der Waals surface area contributed by atoms with E-state index in [0.29, 0.717) is 25.5 Å². The van der Waals surface area contributed by atoms with Crippen LogP contribution in [-0.4, -0.2) is 39.9 Å². The molecule has 21 heavy (non-hydrogen) atoms. The quantitative estimate of drug-likeness (QED) is 0.582. The molecule has 0 radical (unpaired) electrons. The van der Waals surface area contributed by atoms with Crippen molar-refractivity contribution >= 4 is 23.4 Å². The molecule has 114 valence electrons. The Labute approximate surface area is 121 Å². The van der Waals surface area contributed by atoms with Crippen molar-refractivity contribution in [2.45, 2.75) is 32.2 Å². The number of hydrogen-bond donors (Lipinski definition) is 2. The van der Waals surface area contributed by atoms with Crippen molar-refractivity contribution in [2.24, 2.45) is 5.73 Å². The number of rotatable bonds is 6. The maximum absolute atomic E-state index is 11.5. The number of nitrogens with two attached hydrogens (primary N) is 1. The van der Waals surface area contributed by atoms with Gasteiger partial charge in [-0.1, -0.05) is 6.92 Å². The van der Waals surface area contributed by atoms with E-state index in [2.05, 4.69) is 15.3 Å². The van der Waals surface area contributed by atoms with E-state index in [1.807, 2.05) is 6.92 Å². The van der Waals surface area contributed by atoms with Gasteiger partial charge in [0.25, 0.3) is 0 Å². The van der Waals surface area contributed by atoms with E-state index in [9.17, 15) is 14.9 Å². The number of primary amides is 1. The summed E-state index contributed by atoms with van der Waals surface area (Å²) in [5, 5.41) is 14.1. The van der Waals surface area contributed by atoms with Crippen molar-refractivity contribution < 1.29 is 9.72 Å². The minimum Gasteiger partial charge on any atom is -0.368 e. The second-order valence-electron chi connectivity index (χ2n) is 4.84. The van der Waals surface area contributed by atoms with Crippen LogP contribution in [0.4, 0.5) is 17.5 Å². The van der Waals surface area contributed by atoms with Crippen molar-refractivity contribution in [3.05, 3.63) is 16.3 Å². The molecule has 2 heterocycles. The molecule has 1 aliphatic rings. The fourth-order valence-corrected chi connectivity index (χ4v) is 2.34. The summed E-state index contributed by atoms with van der Waals surface area (Å²) < 4.78 is 0. The topological polar surface area (TPSA) is 127 Å². The van der Waals surface area contributed by atoms with E-state index in [0.717, 1.165) is 19.0 Å². The number of nitrogens with zero attached hydrogens (tertiary/aromatic N) is 4. The lowest BCUT2D eigenvalue weighted by molar-refractivity contribution is -0.384. The van der Waals surface area contributed by atoms with E-state index in [1.165, 1.54) is 0 Å². The number of nitro groups is 1. The van der Waals surface area contributed by atoms with Crippen LogP contribution >= 0.6 is 0 Å². The van der Waals surface area contributed by atoms with E-state index >= 15 is 0 Å². The van der Waals surface area contributed by atoms with Gasteiger partial charge in [0.2, 0.25) is 17.7 Å². The van der Waals surface area contributed by atoms with Crippen LogP contribution in [0.15, 0.2) is 6.20 Å². The maximum Gasteiger partial charge on any atom is 0.329 e. The molecule has 1 fully saturated rings. The lowest BCUT2D eigenvalue weighted by Gasteiger charge is -2.23. The van der Waals surface area contributed by atoms with Gasteiger partial charge in [0.05, 0.1) is 4.92 Å². The Morgan fingerprint density at radius 2 is 2.43 bits per heavy atom. The largest absolute Gasteiger partial charge is 0.368 e. The van der Waals surface area contributed by atoms with Gasteiger partial charge in [0.1, 0.15) is 12.2 Å². The SMILES string of the molecule is CCCNc1ncc([N+](=O)[O-])c(N2CCCC2C(N)=O)n1. The van der Waals surface area contributed by atoms with Crippen molar-refractivity contribution in [3.8, 4) is 0 Å². The standard InChI is InChI=1S/C12H18N6O3/c1-2-5-14-12-15-7-9(18(20)21)11(16-12)17-6-3-4-8(17)10(13)19/h7-8H,2-6H2,1H3,(H2,13,19)(H,14,15,16). The molecule has 1 aromatic heterocycles. The third-order valence-electron chi connectivity index (χ3n) is 3.33. The second kappa shape index (κ2) is 6.33. The fourth-order valence-electron chi connectivity index (χ4n) is 2.34. The Morgan fingerprint density at radius 3 is 3.05 bits per heavy atom. The van der Waals surface area contributed by atoms with Crippen LogP contribution in [0.25, 0.3) is 0 Å². The second-order valence-corrected chi connectivity index (χ2v) is 4.84. The predicted octanol–water partition coefficient (Wildman–Crippen LogP) is 0.661. The highest BCUT2D eigenvalue weighted by atomic mass is 16.6. The number of aromatic nitrogens is 2. The molecule has 1 aliphatic heterocycles. The first-order chi connectivity index (χ1) is 10.0. The Bertz CT molecular complexity index is 550. The first-order valence-electron chi connectivity index (χ1n) is 6.85. The Kier molecular flexibility index (Phi) is 4.51. The highest BCUT2D eigenvalue weighted by Crippen LogP contribution is 2.31. The number of hydrogen-bond acceptors (Lipinski definition) is 7. The summed E-state index contributed by atoms with van der Waals surface area (Å²) in [6, 6.07) is -0.558. The van der Waals surface area contributed by atoms with Crippen molar-refractivity contribution in [2.75, 3.05) is 23.3 Å². The molecular formula is C12H18N6O3. The van der Waals surface area contributed by atoms with Gasteiger partial charge in [-0.15, -0.1) is 0 Å². The third-order valence-corrected chi connectivity index (χ3v) is 3.33. The van der Waals surface area contributed by atoms with E-state index < -0.39 is 16.9 Å². The Hall–Kier alpha value is -2.45. The lowest BCUT2D eigenvalue weighted by Crippen LogP contribution is -2.41. The number of anilines is 2. The van der Waals surface area contributed by atoms with Crippen LogP contribution in [0.5, 0.6) is 0 Å². The molecule has 0 spiro atoms. The number of nitrogens with one attached hydrogen (secondary N) is 1. The van der Waals surface area contributed by atoms with Crippen LogP contribution in [0, 0.1) is 10.1 Å². The number of carbonyl (C=O) groups is 1. The first kappa shape index (κ1) is 14.9. The molecule has 9 heteroatoms. The lowest BCUT2D eigenvalue weighted by atomic mass is 10.2. The summed E-state index contributed by atoms with van der Waals surface area (Å²) in [4.78, 5) is 31.8. The third kappa shape index (κ3) is 3.18. The fraction of sp³-hybridized carbons (Fsp3) is 0.583. The minimum absolute atomic E-state index is 0.148. The normalized spacial score (nSPS) is 17.8. The van der Waals surface area contributed by atoms with Gasteiger partial charge in [-0.2, -0.15) is 4.98 Å². The average Bonchev–Trinajstić information content (AvgIpc) is 2.94. The summed E-state index contributed by atoms with van der Waals surface area (Å²) in [6.07, 6.45) is 3.36. The summed E-state index contributed by atoms with van der Waals surface area (Å²) in [5.74, 6) is -0.0362. The predicted molar refractivity (Wildman–Crippen MR) is 77.0 cm³/mol. The minimum atomic E-state index is -0.558. The van der Waals surface area contributed by atoms with Crippen LogP contribution in [0.3, 0.4) is 0 Å². The molecule has 0 saturated carbocycles. The van der Waals surface area contributed by atoms with Gasteiger partial charge in [0.15, 0.2) is 0 Å². The molecule has 1 amide bonds. The Balaban J connectivity index is 2.38. The molecule has 1 unspecified atom stereocenters. The van der Waals surface area contributed by atoms with Gasteiger partial charge in [-0.05, 0) is 19.3 Å². The van der Waals surface area contributed by atoms with Crippen LogP contribution < -0.4 is 16.0 Å². The Morgan fingerprint density at radius 1 is 1.67 bits per heavy atom. The maximum atomic E-state index is 11.5. The smallest absolute Gasteiger partial charge is 0.329 e. The molecular weight excluding hydrogens is 276 g/mol. The highest BCUT2D eigenvalue weighted by Gasteiger charge is 2.34. The highest BCUT2D eigenvalue weighted by molar-refractivity contribution is 5.84. The zero-order valence-electron chi connectivity index (χ0n) is 11.8. The van der Waals surface area contributed by atoms with Gasteiger partial charge in [0, 0.05) is 13.1 Å². The molecule has 0 bridgehead atoms. The molecule has 9 nitrogen and oxygen atoms in total. The van der Waals surface area contributed by atoms with Crippen molar-refractivity contribution in [1.82, 2.24) is 9.97 Å². The zero-order chi connectivity index (χ0) is 15.4. The van der Waals surface area contributed by atoms with Gasteiger partial charge in [-0.3, -0.25) is 14.9 Å². The summed E-state index contributed by atoms with van der Waals surface area (Å²) in [5.41, 5.74) is 5.14. The van der Waals surface area contributed by atoms with E-state index in [-0.39, 0.29) is 11.5 Å². The zero-order valence-corrected chi connectivity index (χ0v) is 11.8. The molecule has 1 aromatic rings. The van der Waals surface area contributed by atoms with E-state index in [4.69, 9.17) is 5.73 Å². The molecule has 1 saturated heterocycles. The molecule has 0 aliphatic carbocycles. The van der Waals surface area contributed by atoms with Crippen molar-refractivity contribution in [1.29, 1.82) is 0 Å². The average molecular weight is 294 g/mol. The first-order valence-corrected chi connectivity index (χ1v) is 6.85. The van der Waals surface area contributed by atoms with Gasteiger partial charge in [-0.25, -0.2) is 4.98 Å². The van der Waals surface area contributed by atoms with Gasteiger partial charge >= 0.3 is 5.69 Å². The molecule has 0 aromatic carbocycles. The monoisotopic (exact) mass is 294 g/mol. The van der Waals surface area contributed by atoms with Crippen LogP contribution in [0.2, 0.25) is 0 Å². The molecule has 3 N–H and O–H groups in total. The molecule has 2 rings (SSSR count). The summed E-state index contributed by atoms with van der Waals surface area (Å²) >= 11 is 0. The number of carbonyl (C=O) groups excluding carboxylic acids is 1. The van der Waals surface area contributed by atoms with E-state index in [1.54, 1.807) is 4.90 Å². The van der Waals surface area contributed by atoms with Crippen LogP contribution in [0.1, 0.15) is 26.2 Å². The number of amides is 1.